The molecule has 0 fully saturated rings. The van der Waals surface area contributed by atoms with Gasteiger partial charge in [0.25, 0.3) is 0 Å². The largest absolute Gasteiger partial charge is 0.493 e. The third kappa shape index (κ3) is 9.91. The summed E-state index contributed by atoms with van der Waals surface area (Å²) in [7, 11) is 3.19. The molecule has 1 rings (SSSR count). The number of carbonyl (C=O) groups is 1. The lowest BCUT2D eigenvalue weighted by Gasteiger charge is -2.23. The second-order valence-electron chi connectivity index (χ2n) is 7.76. The van der Waals surface area contributed by atoms with Crippen LogP contribution in [0.4, 0.5) is 4.79 Å². The molecule has 8 heteroatoms. The van der Waals surface area contributed by atoms with Gasteiger partial charge in [-0.15, -0.1) is 0 Å². The number of hydrogen-bond donors (Lipinski definition) is 3. The number of nitrogens with zero attached hydrogens (tertiary/aromatic N) is 1. The Morgan fingerprint density at radius 3 is 2.48 bits per heavy atom. The summed E-state index contributed by atoms with van der Waals surface area (Å²) >= 11 is 0. The molecular weight excluding hydrogens is 372 g/mol. The standard InChI is InChI=1S/C21H36N4O4/c1-7-8-9-16(14-24-20(26)29-21(2,3)4)25-19(22)23-13-15-10-11-17(27-5)18(12-15)28-6/h10-12,16H,7-9,13-14H2,1-6H3,(H,24,26)(H3,22,23,25). The van der Waals surface area contributed by atoms with Gasteiger partial charge < -0.3 is 30.6 Å². The molecule has 1 amide bonds. The first-order chi connectivity index (χ1) is 13.7. The lowest BCUT2D eigenvalue weighted by atomic mass is 10.1. The number of carbonyl (C=O) groups excluding carboxylic acids is 1. The molecular formula is C21H36N4O4. The van der Waals surface area contributed by atoms with Crippen LogP contribution in [0.2, 0.25) is 0 Å². The molecule has 0 saturated heterocycles. The van der Waals surface area contributed by atoms with E-state index in [1.807, 2.05) is 39.0 Å². The highest BCUT2D eigenvalue weighted by Crippen LogP contribution is 2.27. The molecule has 0 radical (unpaired) electrons. The van der Waals surface area contributed by atoms with Crippen LogP contribution in [0.5, 0.6) is 11.5 Å². The fourth-order valence-corrected chi connectivity index (χ4v) is 2.61. The van der Waals surface area contributed by atoms with Crippen LogP contribution in [0.3, 0.4) is 0 Å². The van der Waals surface area contributed by atoms with Gasteiger partial charge in [0.05, 0.1) is 20.8 Å². The highest BCUT2D eigenvalue weighted by Gasteiger charge is 2.17. The second-order valence-corrected chi connectivity index (χ2v) is 7.76. The van der Waals surface area contributed by atoms with Gasteiger partial charge >= 0.3 is 6.09 Å². The van der Waals surface area contributed by atoms with Crippen molar-refractivity contribution in [3.8, 4) is 11.5 Å². The minimum Gasteiger partial charge on any atom is -0.493 e. The Morgan fingerprint density at radius 1 is 1.21 bits per heavy atom. The number of nitrogens with one attached hydrogen (secondary N) is 2. The average Bonchev–Trinajstić information content (AvgIpc) is 2.66. The van der Waals surface area contributed by atoms with Gasteiger partial charge in [0.1, 0.15) is 5.60 Å². The molecule has 0 saturated carbocycles. The Hall–Kier alpha value is -2.64. The van der Waals surface area contributed by atoms with Gasteiger partial charge in [0, 0.05) is 12.6 Å². The van der Waals surface area contributed by atoms with Gasteiger partial charge in [0.2, 0.25) is 0 Å². The van der Waals surface area contributed by atoms with E-state index >= 15 is 0 Å². The molecule has 4 N–H and O–H groups in total. The summed E-state index contributed by atoms with van der Waals surface area (Å²) in [6.07, 6.45) is 2.48. The fraction of sp³-hybridized carbons (Fsp3) is 0.619. The molecule has 0 spiro atoms. The van der Waals surface area contributed by atoms with E-state index < -0.39 is 11.7 Å². The number of nitrogens with two attached hydrogens (primary N) is 1. The van der Waals surface area contributed by atoms with E-state index in [-0.39, 0.29) is 6.04 Å². The Kier molecular flexibility index (Phi) is 10.1. The molecule has 29 heavy (non-hydrogen) atoms. The van der Waals surface area contributed by atoms with Gasteiger partial charge in [-0.25, -0.2) is 9.79 Å². The normalized spacial score (nSPS) is 12.8. The first kappa shape index (κ1) is 24.4. The van der Waals surface area contributed by atoms with Crippen molar-refractivity contribution in [2.75, 3.05) is 20.8 Å². The van der Waals surface area contributed by atoms with Crippen molar-refractivity contribution in [2.24, 2.45) is 10.7 Å². The highest BCUT2D eigenvalue weighted by molar-refractivity contribution is 5.78. The fourth-order valence-electron chi connectivity index (χ4n) is 2.61. The molecule has 1 unspecified atom stereocenters. The minimum absolute atomic E-state index is 0.0309. The van der Waals surface area contributed by atoms with Gasteiger partial charge in [-0.2, -0.15) is 0 Å². The van der Waals surface area contributed by atoms with Crippen LogP contribution in [0.25, 0.3) is 0 Å². The summed E-state index contributed by atoms with van der Waals surface area (Å²) < 4.78 is 15.8. The van der Waals surface area contributed by atoms with Crippen LogP contribution in [0, 0.1) is 0 Å². The van der Waals surface area contributed by atoms with Crippen molar-refractivity contribution in [1.29, 1.82) is 0 Å². The Bertz CT molecular complexity index is 671. The van der Waals surface area contributed by atoms with Crippen molar-refractivity contribution in [1.82, 2.24) is 10.6 Å². The average molecular weight is 409 g/mol. The van der Waals surface area contributed by atoms with E-state index in [1.165, 1.54) is 0 Å². The highest BCUT2D eigenvalue weighted by atomic mass is 16.6. The zero-order valence-corrected chi connectivity index (χ0v) is 18.5. The van der Waals surface area contributed by atoms with Crippen LogP contribution in [0.15, 0.2) is 23.2 Å². The Balaban J connectivity index is 2.66. The quantitative estimate of drug-likeness (QED) is 0.405. The number of rotatable bonds is 10. The van der Waals surface area contributed by atoms with Crippen molar-refractivity contribution >= 4 is 12.1 Å². The zero-order chi connectivity index (χ0) is 21.9. The smallest absolute Gasteiger partial charge is 0.407 e. The maximum absolute atomic E-state index is 11.9. The van der Waals surface area contributed by atoms with Crippen LogP contribution in [-0.4, -0.2) is 44.5 Å². The predicted molar refractivity (Wildman–Crippen MR) is 116 cm³/mol. The van der Waals surface area contributed by atoms with Crippen LogP contribution in [-0.2, 0) is 11.3 Å². The lowest BCUT2D eigenvalue weighted by Crippen LogP contribution is -2.47. The number of benzene rings is 1. The second kappa shape index (κ2) is 12.0. The minimum atomic E-state index is -0.531. The monoisotopic (exact) mass is 408 g/mol. The van der Waals surface area contributed by atoms with E-state index in [1.54, 1.807) is 14.2 Å². The summed E-state index contributed by atoms with van der Waals surface area (Å²) in [5, 5.41) is 5.98. The zero-order valence-electron chi connectivity index (χ0n) is 18.5. The lowest BCUT2D eigenvalue weighted by molar-refractivity contribution is 0.0523. The Morgan fingerprint density at radius 2 is 1.90 bits per heavy atom. The summed E-state index contributed by atoms with van der Waals surface area (Å²) in [5.41, 5.74) is 6.49. The van der Waals surface area contributed by atoms with E-state index in [0.29, 0.717) is 30.5 Å². The number of unbranched alkanes of at least 4 members (excludes halogenated alkanes) is 1. The number of ether oxygens (including phenoxy) is 3. The van der Waals surface area contributed by atoms with E-state index in [4.69, 9.17) is 19.9 Å². The van der Waals surface area contributed by atoms with Crippen LogP contribution < -0.4 is 25.8 Å². The molecule has 0 aliphatic carbocycles. The number of aliphatic imine (C=N–C) groups is 1. The first-order valence-corrected chi connectivity index (χ1v) is 9.92. The van der Waals surface area contributed by atoms with Crippen molar-refractivity contribution in [2.45, 2.75) is 65.1 Å². The molecule has 0 aromatic heterocycles. The summed E-state index contributed by atoms with van der Waals surface area (Å²) in [6.45, 7) is 8.42. The third-order valence-electron chi connectivity index (χ3n) is 4.03. The molecule has 1 aromatic carbocycles. The predicted octanol–water partition coefficient (Wildman–Crippen LogP) is 3.19. The molecule has 1 atom stereocenters. The van der Waals surface area contributed by atoms with E-state index in [9.17, 15) is 4.79 Å². The maximum Gasteiger partial charge on any atom is 0.407 e. The van der Waals surface area contributed by atoms with E-state index in [2.05, 4.69) is 22.5 Å². The third-order valence-corrected chi connectivity index (χ3v) is 4.03. The molecule has 8 nitrogen and oxygen atoms in total. The molecule has 0 heterocycles. The summed E-state index contributed by atoms with van der Waals surface area (Å²) in [6, 6.07) is 5.59. The molecule has 0 bridgehead atoms. The maximum atomic E-state index is 11.9. The van der Waals surface area contributed by atoms with Crippen molar-refractivity contribution in [3.63, 3.8) is 0 Å². The molecule has 0 aliphatic rings. The molecule has 164 valence electrons. The van der Waals surface area contributed by atoms with Crippen molar-refractivity contribution in [3.05, 3.63) is 23.8 Å². The number of guanidine groups is 1. The SMILES string of the molecule is CCCCC(CNC(=O)OC(C)(C)C)NC(N)=NCc1ccc(OC)c(OC)c1. The first-order valence-electron chi connectivity index (χ1n) is 9.92. The topological polar surface area (TPSA) is 107 Å². The summed E-state index contributed by atoms with van der Waals surface area (Å²) in [5.74, 6) is 1.64. The Labute approximate surface area is 174 Å². The van der Waals surface area contributed by atoms with Crippen molar-refractivity contribution < 1.29 is 19.0 Å². The van der Waals surface area contributed by atoms with Gasteiger partial charge in [-0.05, 0) is 44.9 Å². The van der Waals surface area contributed by atoms with Gasteiger partial charge in [-0.3, -0.25) is 0 Å². The van der Waals surface area contributed by atoms with Crippen LogP contribution >= 0.6 is 0 Å². The number of amides is 1. The van der Waals surface area contributed by atoms with Crippen LogP contribution in [0.1, 0.15) is 52.5 Å². The summed E-state index contributed by atoms with van der Waals surface area (Å²) in [4.78, 5) is 16.3. The molecule has 0 aliphatic heterocycles. The van der Waals surface area contributed by atoms with Gasteiger partial charge in [0.15, 0.2) is 17.5 Å². The van der Waals surface area contributed by atoms with E-state index in [0.717, 1.165) is 24.8 Å². The van der Waals surface area contributed by atoms with Gasteiger partial charge in [-0.1, -0.05) is 25.8 Å². The number of hydrogen-bond acceptors (Lipinski definition) is 5. The number of alkyl carbamates (subject to hydrolysis) is 1. The molecule has 1 aromatic rings. The number of methoxy groups -OCH3 is 2.